The van der Waals surface area contributed by atoms with E-state index in [1.807, 2.05) is 29.6 Å². The van der Waals surface area contributed by atoms with Gasteiger partial charge in [-0.3, -0.25) is 14.9 Å². The average Bonchev–Trinajstić information content (AvgIpc) is 3.03. The molecule has 0 spiro atoms. The van der Waals surface area contributed by atoms with Crippen molar-refractivity contribution in [3.8, 4) is 11.3 Å². The van der Waals surface area contributed by atoms with E-state index in [-0.39, 0.29) is 11.8 Å². The van der Waals surface area contributed by atoms with Crippen LogP contribution in [-0.2, 0) is 4.79 Å². The van der Waals surface area contributed by atoms with Gasteiger partial charge in [0, 0.05) is 32.1 Å². The van der Waals surface area contributed by atoms with Gasteiger partial charge < -0.3 is 5.32 Å². The van der Waals surface area contributed by atoms with E-state index in [1.54, 1.807) is 18.2 Å². The quantitative estimate of drug-likeness (QED) is 0.482. The maximum Gasteiger partial charge on any atom is 0.258 e. The summed E-state index contributed by atoms with van der Waals surface area (Å²) < 4.78 is 0.776. The first kappa shape index (κ1) is 18.8. The van der Waals surface area contributed by atoms with Gasteiger partial charge in [-0.05, 0) is 52.9 Å². The first-order valence-corrected chi connectivity index (χ1v) is 9.86. The molecule has 3 rings (SSSR count). The lowest BCUT2D eigenvalue weighted by atomic mass is 10.1. The Balaban J connectivity index is 1.73. The fourth-order valence-corrected chi connectivity index (χ4v) is 4.06. The van der Waals surface area contributed by atoms with Crippen LogP contribution >= 0.6 is 45.5 Å². The van der Waals surface area contributed by atoms with Crippen molar-refractivity contribution in [2.75, 3.05) is 10.6 Å². The molecule has 132 valence electrons. The highest BCUT2D eigenvalue weighted by atomic mass is 127. The molecule has 0 fully saturated rings. The van der Waals surface area contributed by atoms with Gasteiger partial charge in [0.25, 0.3) is 5.91 Å². The lowest BCUT2D eigenvalue weighted by molar-refractivity contribution is -0.114. The van der Waals surface area contributed by atoms with Crippen LogP contribution in [0.2, 0.25) is 5.02 Å². The SMILES string of the molecule is CC(=O)Nc1ccc(-c2csc(NC(=O)c3ccc(Cl)cc3I)n2)cc1. The molecular weight excluding hydrogens is 485 g/mol. The number of carbonyl (C=O) groups excluding carboxylic acids is 2. The van der Waals surface area contributed by atoms with Crippen LogP contribution < -0.4 is 10.6 Å². The van der Waals surface area contributed by atoms with Gasteiger partial charge in [0.05, 0.1) is 11.3 Å². The Morgan fingerprint density at radius 1 is 1.12 bits per heavy atom. The molecular formula is C18H13ClIN3O2S. The number of thiazole rings is 1. The highest BCUT2D eigenvalue weighted by Crippen LogP contribution is 2.27. The van der Waals surface area contributed by atoms with E-state index in [1.165, 1.54) is 18.3 Å². The molecule has 8 heteroatoms. The van der Waals surface area contributed by atoms with Crippen LogP contribution in [0.3, 0.4) is 0 Å². The van der Waals surface area contributed by atoms with Crippen molar-refractivity contribution in [2.24, 2.45) is 0 Å². The van der Waals surface area contributed by atoms with Crippen LogP contribution in [0.15, 0.2) is 47.8 Å². The minimum Gasteiger partial charge on any atom is -0.326 e. The molecule has 26 heavy (non-hydrogen) atoms. The zero-order valence-electron chi connectivity index (χ0n) is 13.5. The predicted molar refractivity (Wildman–Crippen MR) is 114 cm³/mol. The summed E-state index contributed by atoms with van der Waals surface area (Å²) in [5.74, 6) is -0.346. The fourth-order valence-electron chi connectivity index (χ4n) is 2.23. The van der Waals surface area contributed by atoms with Gasteiger partial charge in [-0.2, -0.15) is 0 Å². The first-order valence-electron chi connectivity index (χ1n) is 7.52. The lowest BCUT2D eigenvalue weighted by Crippen LogP contribution is -2.13. The summed E-state index contributed by atoms with van der Waals surface area (Å²) in [4.78, 5) is 27.9. The van der Waals surface area contributed by atoms with E-state index in [9.17, 15) is 9.59 Å². The van der Waals surface area contributed by atoms with Gasteiger partial charge in [-0.25, -0.2) is 4.98 Å². The number of halogens is 2. The molecule has 1 aromatic heterocycles. The van der Waals surface area contributed by atoms with Crippen molar-refractivity contribution >= 4 is 68.2 Å². The maximum atomic E-state index is 12.4. The molecule has 0 unspecified atom stereocenters. The van der Waals surface area contributed by atoms with Crippen molar-refractivity contribution in [2.45, 2.75) is 6.92 Å². The molecule has 0 bridgehead atoms. The van der Waals surface area contributed by atoms with E-state index in [0.29, 0.717) is 15.7 Å². The molecule has 3 aromatic rings. The minimum absolute atomic E-state index is 0.117. The molecule has 0 saturated carbocycles. The number of hydrogen-bond acceptors (Lipinski definition) is 4. The molecule has 5 nitrogen and oxygen atoms in total. The van der Waals surface area contributed by atoms with Crippen LogP contribution in [0.25, 0.3) is 11.3 Å². The summed E-state index contributed by atoms with van der Waals surface area (Å²) in [6.07, 6.45) is 0. The summed E-state index contributed by atoms with van der Waals surface area (Å²) in [5, 5.41) is 8.50. The Hall–Kier alpha value is -1.97. The topological polar surface area (TPSA) is 71.1 Å². The van der Waals surface area contributed by atoms with Gasteiger partial charge in [-0.1, -0.05) is 23.7 Å². The number of nitrogens with one attached hydrogen (secondary N) is 2. The summed E-state index contributed by atoms with van der Waals surface area (Å²) >= 11 is 9.35. The third kappa shape index (κ3) is 4.60. The summed E-state index contributed by atoms with van der Waals surface area (Å²) in [7, 11) is 0. The Morgan fingerprint density at radius 3 is 2.50 bits per heavy atom. The van der Waals surface area contributed by atoms with Crippen molar-refractivity contribution in [1.29, 1.82) is 0 Å². The van der Waals surface area contributed by atoms with Gasteiger partial charge in [-0.15, -0.1) is 11.3 Å². The standard InChI is InChI=1S/C18H13ClIN3O2S/c1-10(24)21-13-5-2-11(3-6-13)16-9-26-18(22-16)23-17(25)14-7-4-12(19)8-15(14)20/h2-9H,1H3,(H,21,24)(H,22,23,25). The fraction of sp³-hybridized carbons (Fsp3) is 0.0556. The Morgan fingerprint density at radius 2 is 1.85 bits per heavy atom. The summed E-state index contributed by atoms with van der Waals surface area (Å²) in [6.45, 7) is 1.46. The third-order valence-electron chi connectivity index (χ3n) is 3.40. The minimum atomic E-state index is -0.229. The van der Waals surface area contributed by atoms with Crippen molar-refractivity contribution in [1.82, 2.24) is 4.98 Å². The lowest BCUT2D eigenvalue weighted by Gasteiger charge is -2.05. The van der Waals surface area contributed by atoms with Gasteiger partial charge in [0.1, 0.15) is 0 Å². The second-order valence-corrected chi connectivity index (χ2v) is 7.83. The Labute approximate surface area is 172 Å². The van der Waals surface area contributed by atoms with E-state index in [0.717, 1.165) is 20.5 Å². The number of benzene rings is 2. The molecule has 0 aliphatic carbocycles. The Bertz CT molecular complexity index is 973. The van der Waals surface area contributed by atoms with Crippen LogP contribution in [0.1, 0.15) is 17.3 Å². The van der Waals surface area contributed by atoms with Gasteiger partial charge in [0.2, 0.25) is 5.91 Å². The second-order valence-electron chi connectivity index (χ2n) is 5.37. The zero-order chi connectivity index (χ0) is 18.7. The molecule has 0 radical (unpaired) electrons. The Kier molecular flexibility index (Phi) is 5.90. The highest BCUT2D eigenvalue weighted by Gasteiger charge is 2.13. The number of nitrogens with zero attached hydrogens (tertiary/aromatic N) is 1. The maximum absolute atomic E-state index is 12.4. The third-order valence-corrected chi connectivity index (χ3v) is 5.29. The average molecular weight is 498 g/mol. The number of hydrogen-bond donors (Lipinski definition) is 2. The second kappa shape index (κ2) is 8.15. The first-order chi connectivity index (χ1) is 12.4. The van der Waals surface area contributed by atoms with Gasteiger partial charge >= 0.3 is 0 Å². The number of rotatable bonds is 4. The van der Waals surface area contributed by atoms with Crippen molar-refractivity contribution in [3.05, 3.63) is 62.0 Å². The van der Waals surface area contributed by atoms with Crippen LogP contribution in [-0.4, -0.2) is 16.8 Å². The van der Waals surface area contributed by atoms with Crippen LogP contribution in [0.4, 0.5) is 10.8 Å². The molecule has 1 heterocycles. The van der Waals surface area contributed by atoms with E-state index >= 15 is 0 Å². The molecule has 0 aliphatic heterocycles. The number of anilines is 2. The normalized spacial score (nSPS) is 10.4. The van der Waals surface area contributed by atoms with Crippen molar-refractivity contribution < 1.29 is 9.59 Å². The van der Waals surface area contributed by atoms with Gasteiger partial charge in [0.15, 0.2) is 5.13 Å². The highest BCUT2D eigenvalue weighted by molar-refractivity contribution is 14.1. The smallest absolute Gasteiger partial charge is 0.258 e. The number of amides is 2. The molecule has 0 aliphatic rings. The molecule has 2 aromatic carbocycles. The monoisotopic (exact) mass is 497 g/mol. The van der Waals surface area contributed by atoms with E-state index in [4.69, 9.17) is 11.6 Å². The predicted octanol–water partition coefficient (Wildman–Crippen LogP) is 5.28. The van der Waals surface area contributed by atoms with Crippen LogP contribution in [0, 0.1) is 3.57 Å². The summed E-state index contributed by atoms with van der Waals surface area (Å²) in [6, 6.07) is 12.5. The van der Waals surface area contributed by atoms with E-state index < -0.39 is 0 Å². The molecule has 2 N–H and O–H groups in total. The largest absolute Gasteiger partial charge is 0.326 e. The number of aromatic nitrogens is 1. The van der Waals surface area contributed by atoms with Crippen LogP contribution in [0.5, 0.6) is 0 Å². The van der Waals surface area contributed by atoms with E-state index in [2.05, 4.69) is 38.2 Å². The van der Waals surface area contributed by atoms with Crippen molar-refractivity contribution in [3.63, 3.8) is 0 Å². The molecule has 2 amide bonds. The zero-order valence-corrected chi connectivity index (χ0v) is 17.3. The number of carbonyl (C=O) groups is 2. The molecule has 0 atom stereocenters. The molecule has 0 saturated heterocycles. The summed E-state index contributed by atoms with van der Waals surface area (Å²) in [5.41, 5.74) is 2.93.